The van der Waals surface area contributed by atoms with Crippen molar-refractivity contribution < 1.29 is 23.4 Å². The first-order valence-corrected chi connectivity index (χ1v) is 7.52. The molecule has 0 spiro atoms. The Labute approximate surface area is 129 Å². The van der Waals surface area contributed by atoms with Crippen molar-refractivity contribution in [3.8, 4) is 0 Å². The van der Waals surface area contributed by atoms with Gasteiger partial charge in [0.25, 0.3) is 0 Å². The summed E-state index contributed by atoms with van der Waals surface area (Å²) in [5.74, 6) is -0.875. The Kier molecular flexibility index (Phi) is 6.10. The van der Waals surface area contributed by atoms with Crippen molar-refractivity contribution in [2.24, 2.45) is 0 Å². The summed E-state index contributed by atoms with van der Waals surface area (Å²) in [6.45, 7) is 5.20. The molecule has 0 amide bonds. The van der Waals surface area contributed by atoms with Gasteiger partial charge in [-0.3, -0.25) is 0 Å². The number of carbonyl (C=O) groups is 1. The van der Waals surface area contributed by atoms with E-state index in [1.54, 1.807) is 13.0 Å². The fourth-order valence-electron chi connectivity index (χ4n) is 2.17. The van der Waals surface area contributed by atoms with Crippen molar-refractivity contribution in [3.63, 3.8) is 0 Å². The highest BCUT2D eigenvalue weighted by Crippen LogP contribution is 2.28. The van der Waals surface area contributed by atoms with Crippen LogP contribution in [0.15, 0.2) is 24.3 Å². The summed E-state index contributed by atoms with van der Waals surface area (Å²) in [5.41, 5.74) is 1.09. The number of hydrogen-bond acceptors (Lipinski definition) is 4. The zero-order valence-corrected chi connectivity index (χ0v) is 12.9. The van der Waals surface area contributed by atoms with Crippen LogP contribution in [0.25, 0.3) is 6.08 Å². The molecule has 0 aliphatic carbocycles. The fourth-order valence-corrected chi connectivity index (χ4v) is 2.17. The van der Waals surface area contributed by atoms with Crippen molar-refractivity contribution in [1.82, 2.24) is 0 Å². The summed E-state index contributed by atoms with van der Waals surface area (Å²) in [6, 6.07) is 4.83. The largest absolute Gasteiger partial charge is 0.463 e. The number of hydrogen-bond donors (Lipinski definition) is 0. The topological polar surface area (TPSA) is 48.1 Å². The summed E-state index contributed by atoms with van der Waals surface area (Å²) in [7, 11) is 0. The molecule has 5 heteroatoms. The van der Waals surface area contributed by atoms with E-state index < -0.39 is 5.97 Å². The molecule has 0 saturated carbocycles. The highest BCUT2D eigenvalue weighted by molar-refractivity contribution is 5.87. The van der Waals surface area contributed by atoms with Crippen LogP contribution in [0, 0.1) is 5.82 Å². The molecule has 1 aromatic carbocycles. The molecule has 2 rings (SSSR count). The Balaban J connectivity index is 2.17. The predicted molar refractivity (Wildman–Crippen MR) is 80.8 cm³/mol. The molecule has 0 aromatic heterocycles. The van der Waals surface area contributed by atoms with E-state index in [1.807, 2.05) is 13.0 Å². The van der Waals surface area contributed by atoms with E-state index in [-0.39, 0.29) is 24.6 Å². The van der Waals surface area contributed by atoms with Crippen LogP contribution < -0.4 is 0 Å². The van der Waals surface area contributed by atoms with E-state index in [9.17, 15) is 9.18 Å². The summed E-state index contributed by atoms with van der Waals surface area (Å²) in [4.78, 5) is 11.4. The third kappa shape index (κ3) is 4.64. The lowest BCUT2D eigenvalue weighted by Gasteiger charge is -2.18. The maximum Gasteiger partial charge on any atom is 0.330 e. The Morgan fingerprint density at radius 1 is 1.50 bits per heavy atom. The fraction of sp³-hybridized carbons (Fsp3) is 0.471. The number of esters is 1. The lowest BCUT2D eigenvalue weighted by Crippen LogP contribution is -2.10. The predicted octanol–water partition coefficient (Wildman–Crippen LogP) is 3.27. The maximum absolute atomic E-state index is 14.1. The number of ether oxygens (including phenoxy) is 3. The summed E-state index contributed by atoms with van der Waals surface area (Å²) in [6.07, 6.45) is 3.31. The van der Waals surface area contributed by atoms with Crippen LogP contribution in [0.5, 0.6) is 0 Å². The smallest absolute Gasteiger partial charge is 0.330 e. The van der Waals surface area contributed by atoms with Crippen LogP contribution in [0.2, 0.25) is 0 Å². The Hall–Kier alpha value is -1.72. The number of benzene rings is 1. The van der Waals surface area contributed by atoms with E-state index in [0.29, 0.717) is 18.6 Å². The quantitative estimate of drug-likeness (QED) is 0.420. The van der Waals surface area contributed by atoms with E-state index in [0.717, 1.165) is 12.2 Å². The summed E-state index contributed by atoms with van der Waals surface area (Å²) < 4.78 is 29.9. The third-order valence-electron chi connectivity index (χ3n) is 3.36. The van der Waals surface area contributed by atoms with Gasteiger partial charge in [-0.05, 0) is 31.1 Å². The molecule has 1 aliphatic rings. The molecule has 0 N–H and O–H groups in total. The van der Waals surface area contributed by atoms with E-state index >= 15 is 0 Å². The summed E-state index contributed by atoms with van der Waals surface area (Å²) >= 11 is 0. The van der Waals surface area contributed by atoms with Gasteiger partial charge in [0.2, 0.25) is 0 Å². The molecule has 1 heterocycles. The SMILES string of the molecule is CCOC(=O)/C=C/c1c(F)cccc1[C@@H](CC)OC[C@H]1CO1. The number of epoxide rings is 1. The van der Waals surface area contributed by atoms with Crippen LogP contribution >= 0.6 is 0 Å². The minimum atomic E-state index is -0.489. The van der Waals surface area contributed by atoms with Crippen LogP contribution in [0.3, 0.4) is 0 Å². The average molecular weight is 308 g/mol. The van der Waals surface area contributed by atoms with Gasteiger partial charge in [-0.25, -0.2) is 9.18 Å². The minimum absolute atomic E-state index is 0.154. The van der Waals surface area contributed by atoms with Crippen LogP contribution in [0.4, 0.5) is 4.39 Å². The normalized spacial score (nSPS) is 18.4. The first kappa shape index (κ1) is 16.6. The van der Waals surface area contributed by atoms with Crippen molar-refractivity contribution in [2.45, 2.75) is 32.5 Å². The van der Waals surface area contributed by atoms with Crippen LogP contribution in [-0.4, -0.2) is 31.9 Å². The second kappa shape index (κ2) is 8.06. The average Bonchev–Trinajstić information content (AvgIpc) is 3.31. The first-order chi connectivity index (χ1) is 10.7. The number of halogens is 1. The van der Waals surface area contributed by atoms with Crippen molar-refractivity contribution in [2.75, 3.05) is 19.8 Å². The van der Waals surface area contributed by atoms with Gasteiger partial charge in [-0.15, -0.1) is 0 Å². The van der Waals surface area contributed by atoms with E-state index in [4.69, 9.17) is 14.2 Å². The Morgan fingerprint density at radius 2 is 2.27 bits per heavy atom. The molecule has 120 valence electrons. The number of rotatable bonds is 8. The van der Waals surface area contributed by atoms with E-state index in [2.05, 4.69) is 0 Å². The molecule has 1 aliphatic heterocycles. The Bertz CT molecular complexity index is 537. The Morgan fingerprint density at radius 3 is 2.91 bits per heavy atom. The minimum Gasteiger partial charge on any atom is -0.463 e. The van der Waals surface area contributed by atoms with Crippen molar-refractivity contribution in [3.05, 3.63) is 41.2 Å². The first-order valence-electron chi connectivity index (χ1n) is 7.52. The van der Waals surface area contributed by atoms with Gasteiger partial charge < -0.3 is 14.2 Å². The van der Waals surface area contributed by atoms with Crippen LogP contribution in [0.1, 0.15) is 37.5 Å². The van der Waals surface area contributed by atoms with Gasteiger partial charge in [0.15, 0.2) is 0 Å². The van der Waals surface area contributed by atoms with Gasteiger partial charge in [-0.2, -0.15) is 0 Å². The standard InChI is InChI=1S/C17H21FO4/c1-3-16(22-11-12-10-21-12)14-6-5-7-15(18)13(14)8-9-17(19)20-4-2/h5-9,12,16H,3-4,10-11H2,1-2H3/b9-8+/t12-,16-/m1/s1. The second-order valence-corrected chi connectivity index (χ2v) is 5.01. The highest BCUT2D eigenvalue weighted by atomic mass is 19.1. The molecular formula is C17H21FO4. The monoisotopic (exact) mass is 308 g/mol. The van der Waals surface area contributed by atoms with E-state index in [1.165, 1.54) is 18.2 Å². The molecule has 1 fully saturated rings. The van der Waals surface area contributed by atoms with Gasteiger partial charge in [0, 0.05) is 11.6 Å². The molecule has 2 atom stereocenters. The molecule has 0 radical (unpaired) electrons. The van der Waals surface area contributed by atoms with Gasteiger partial charge in [-0.1, -0.05) is 19.1 Å². The molecule has 4 nitrogen and oxygen atoms in total. The maximum atomic E-state index is 14.1. The van der Waals surface area contributed by atoms with Gasteiger partial charge in [0.05, 0.1) is 25.9 Å². The zero-order valence-electron chi connectivity index (χ0n) is 12.9. The van der Waals surface area contributed by atoms with Crippen molar-refractivity contribution >= 4 is 12.0 Å². The second-order valence-electron chi connectivity index (χ2n) is 5.01. The van der Waals surface area contributed by atoms with Crippen LogP contribution in [-0.2, 0) is 19.0 Å². The molecule has 22 heavy (non-hydrogen) atoms. The molecule has 1 aromatic rings. The van der Waals surface area contributed by atoms with Gasteiger partial charge in [0.1, 0.15) is 11.9 Å². The molecule has 1 saturated heterocycles. The number of carbonyl (C=O) groups excluding carboxylic acids is 1. The molecular weight excluding hydrogens is 287 g/mol. The third-order valence-corrected chi connectivity index (χ3v) is 3.36. The summed E-state index contributed by atoms with van der Waals surface area (Å²) in [5, 5.41) is 0. The molecule has 0 unspecified atom stereocenters. The lowest BCUT2D eigenvalue weighted by atomic mass is 9.99. The zero-order chi connectivity index (χ0) is 15.9. The molecule has 0 bridgehead atoms. The van der Waals surface area contributed by atoms with Crippen molar-refractivity contribution in [1.29, 1.82) is 0 Å². The van der Waals surface area contributed by atoms with Gasteiger partial charge >= 0.3 is 5.97 Å². The highest BCUT2D eigenvalue weighted by Gasteiger charge is 2.25. The lowest BCUT2D eigenvalue weighted by molar-refractivity contribution is -0.137.